The summed E-state index contributed by atoms with van der Waals surface area (Å²) in [5.41, 5.74) is 0. The minimum Gasteiger partial charge on any atom is -0.314 e. The maximum atomic E-state index is 12.2. The van der Waals surface area contributed by atoms with Crippen LogP contribution in [0.3, 0.4) is 0 Å². The normalized spacial score (nSPS) is 28.4. The number of nitrogens with one attached hydrogen (secondary N) is 2. The Balaban J connectivity index is 1.90. The molecule has 0 aromatic carbocycles. The van der Waals surface area contributed by atoms with Crippen LogP contribution in [0.5, 0.6) is 0 Å². The topological polar surface area (TPSA) is 64.7 Å². The van der Waals surface area contributed by atoms with Crippen LogP contribution in [0.1, 0.15) is 19.8 Å². The van der Waals surface area contributed by atoms with E-state index in [9.17, 15) is 8.42 Å². The standard InChI is InChI=1S/C11H24N4O2S/c1-2-14-7-3-4-11(10-14)13-18(16,17)15-8-5-12-6-9-15/h11-13H,2-10H2,1H3. The molecule has 2 N–H and O–H groups in total. The summed E-state index contributed by atoms with van der Waals surface area (Å²) in [4.78, 5) is 2.30. The van der Waals surface area contributed by atoms with Crippen molar-refractivity contribution in [1.29, 1.82) is 0 Å². The van der Waals surface area contributed by atoms with Crippen molar-refractivity contribution in [3.05, 3.63) is 0 Å². The predicted octanol–water partition coefficient (Wildman–Crippen LogP) is -0.790. The molecule has 0 aromatic heterocycles. The van der Waals surface area contributed by atoms with Crippen LogP contribution in [-0.4, -0.2) is 69.5 Å². The lowest BCUT2D eigenvalue weighted by Gasteiger charge is -2.34. The second-order valence-corrected chi connectivity index (χ2v) is 6.71. The van der Waals surface area contributed by atoms with E-state index in [0.717, 1.165) is 45.6 Å². The largest absolute Gasteiger partial charge is 0.314 e. The highest BCUT2D eigenvalue weighted by molar-refractivity contribution is 7.87. The van der Waals surface area contributed by atoms with Crippen molar-refractivity contribution in [2.45, 2.75) is 25.8 Å². The summed E-state index contributed by atoms with van der Waals surface area (Å²) >= 11 is 0. The van der Waals surface area contributed by atoms with Gasteiger partial charge in [0, 0.05) is 38.8 Å². The molecule has 0 amide bonds. The zero-order valence-corrected chi connectivity index (χ0v) is 11.9. The number of likely N-dealkylation sites (N-methyl/N-ethyl adjacent to an activating group) is 1. The Kier molecular flexibility index (Phi) is 4.97. The van der Waals surface area contributed by atoms with Gasteiger partial charge in [-0.15, -0.1) is 0 Å². The van der Waals surface area contributed by atoms with E-state index in [1.807, 2.05) is 0 Å². The summed E-state index contributed by atoms with van der Waals surface area (Å²) in [6.45, 7) is 7.65. The Morgan fingerprint density at radius 2 is 2.00 bits per heavy atom. The van der Waals surface area contributed by atoms with Crippen LogP contribution in [-0.2, 0) is 10.2 Å². The lowest BCUT2D eigenvalue weighted by Crippen LogP contribution is -2.55. The molecule has 6 nitrogen and oxygen atoms in total. The molecule has 1 unspecified atom stereocenters. The molecule has 0 bridgehead atoms. The van der Waals surface area contributed by atoms with Crippen LogP contribution >= 0.6 is 0 Å². The fourth-order valence-corrected chi connectivity index (χ4v) is 4.03. The van der Waals surface area contributed by atoms with Crippen LogP contribution in [0.15, 0.2) is 0 Å². The van der Waals surface area contributed by atoms with Crippen molar-refractivity contribution in [2.24, 2.45) is 0 Å². The molecular formula is C11H24N4O2S. The molecule has 2 aliphatic heterocycles. The summed E-state index contributed by atoms with van der Waals surface area (Å²) in [6.07, 6.45) is 2.02. The highest BCUT2D eigenvalue weighted by Crippen LogP contribution is 2.12. The van der Waals surface area contributed by atoms with Crippen molar-refractivity contribution in [3.63, 3.8) is 0 Å². The Bertz CT molecular complexity index is 354. The van der Waals surface area contributed by atoms with Gasteiger partial charge in [-0.1, -0.05) is 6.92 Å². The fourth-order valence-electron chi connectivity index (χ4n) is 2.61. The van der Waals surface area contributed by atoms with Gasteiger partial charge >= 0.3 is 0 Å². The zero-order chi connectivity index (χ0) is 13.0. The molecule has 106 valence electrons. The lowest BCUT2D eigenvalue weighted by molar-refractivity contribution is 0.209. The third-order valence-corrected chi connectivity index (χ3v) is 5.36. The van der Waals surface area contributed by atoms with E-state index in [0.29, 0.717) is 13.1 Å². The maximum absolute atomic E-state index is 12.2. The van der Waals surface area contributed by atoms with Crippen LogP contribution in [0, 0.1) is 0 Å². The molecule has 0 spiro atoms. The number of likely N-dealkylation sites (tertiary alicyclic amines) is 1. The lowest BCUT2D eigenvalue weighted by atomic mass is 10.1. The molecule has 0 saturated carbocycles. The van der Waals surface area contributed by atoms with E-state index in [1.165, 1.54) is 0 Å². The van der Waals surface area contributed by atoms with Gasteiger partial charge in [0.15, 0.2) is 0 Å². The van der Waals surface area contributed by atoms with Gasteiger partial charge in [-0.25, -0.2) is 0 Å². The second-order valence-electron chi connectivity index (χ2n) is 5.00. The van der Waals surface area contributed by atoms with Crippen molar-refractivity contribution in [2.75, 3.05) is 45.8 Å². The number of nitrogens with zero attached hydrogens (tertiary/aromatic N) is 2. The summed E-state index contributed by atoms with van der Waals surface area (Å²) in [5.74, 6) is 0. The van der Waals surface area contributed by atoms with E-state index < -0.39 is 10.2 Å². The molecule has 2 saturated heterocycles. The molecule has 0 aliphatic carbocycles. The van der Waals surface area contributed by atoms with E-state index >= 15 is 0 Å². The summed E-state index contributed by atoms with van der Waals surface area (Å²) < 4.78 is 28.8. The number of rotatable bonds is 4. The summed E-state index contributed by atoms with van der Waals surface area (Å²) in [5, 5.41) is 3.16. The van der Waals surface area contributed by atoms with Gasteiger partial charge in [-0.3, -0.25) is 0 Å². The highest BCUT2D eigenvalue weighted by atomic mass is 32.2. The van der Waals surface area contributed by atoms with Crippen LogP contribution in [0.25, 0.3) is 0 Å². The Morgan fingerprint density at radius 3 is 2.67 bits per heavy atom. The third-order valence-electron chi connectivity index (χ3n) is 3.68. The first-order valence-corrected chi connectivity index (χ1v) is 8.26. The zero-order valence-electron chi connectivity index (χ0n) is 11.1. The average Bonchev–Trinajstić information content (AvgIpc) is 2.39. The highest BCUT2D eigenvalue weighted by Gasteiger charge is 2.28. The molecule has 2 fully saturated rings. The van der Waals surface area contributed by atoms with Gasteiger partial charge in [0.1, 0.15) is 0 Å². The van der Waals surface area contributed by atoms with E-state index in [4.69, 9.17) is 0 Å². The van der Waals surface area contributed by atoms with Gasteiger partial charge in [0.25, 0.3) is 10.2 Å². The van der Waals surface area contributed by atoms with Crippen molar-refractivity contribution < 1.29 is 8.42 Å². The third kappa shape index (κ3) is 3.64. The maximum Gasteiger partial charge on any atom is 0.279 e. The molecule has 18 heavy (non-hydrogen) atoms. The van der Waals surface area contributed by atoms with Crippen molar-refractivity contribution in [3.8, 4) is 0 Å². The smallest absolute Gasteiger partial charge is 0.279 e. The Morgan fingerprint density at radius 1 is 1.28 bits per heavy atom. The van der Waals surface area contributed by atoms with Crippen LogP contribution in [0.4, 0.5) is 0 Å². The van der Waals surface area contributed by atoms with E-state index in [1.54, 1.807) is 4.31 Å². The minimum absolute atomic E-state index is 0.0681. The molecule has 0 aromatic rings. The van der Waals surface area contributed by atoms with Gasteiger partial charge in [-0.05, 0) is 25.9 Å². The summed E-state index contributed by atoms with van der Waals surface area (Å²) in [6, 6.07) is 0.0681. The molecule has 2 heterocycles. The SMILES string of the molecule is CCN1CCCC(NS(=O)(=O)N2CCNCC2)C1. The van der Waals surface area contributed by atoms with Crippen molar-refractivity contribution in [1.82, 2.24) is 19.2 Å². The van der Waals surface area contributed by atoms with Crippen molar-refractivity contribution >= 4 is 10.2 Å². The predicted molar refractivity (Wildman–Crippen MR) is 71.6 cm³/mol. The molecule has 2 rings (SSSR count). The molecule has 2 aliphatic rings. The number of hydrogen-bond acceptors (Lipinski definition) is 4. The quantitative estimate of drug-likeness (QED) is 0.706. The first-order valence-electron chi connectivity index (χ1n) is 6.82. The monoisotopic (exact) mass is 276 g/mol. The van der Waals surface area contributed by atoms with Crippen LogP contribution in [0.2, 0.25) is 0 Å². The number of hydrogen-bond donors (Lipinski definition) is 2. The Labute approximate surface area is 110 Å². The molecule has 1 atom stereocenters. The Hall–Kier alpha value is -0.210. The van der Waals surface area contributed by atoms with Crippen LogP contribution < -0.4 is 10.0 Å². The first-order chi connectivity index (χ1) is 8.62. The van der Waals surface area contributed by atoms with Gasteiger partial charge in [0.05, 0.1) is 0 Å². The minimum atomic E-state index is -3.30. The molecule has 7 heteroatoms. The first kappa shape index (κ1) is 14.2. The molecular weight excluding hydrogens is 252 g/mol. The van der Waals surface area contributed by atoms with Gasteiger partial charge < -0.3 is 10.2 Å². The number of piperidine rings is 1. The van der Waals surface area contributed by atoms with E-state index in [-0.39, 0.29) is 6.04 Å². The fraction of sp³-hybridized carbons (Fsp3) is 1.00. The number of piperazine rings is 1. The average molecular weight is 276 g/mol. The summed E-state index contributed by atoms with van der Waals surface area (Å²) in [7, 11) is -3.30. The molecule has 0 radical (unpaired) electrons. The van der Waals surface area contributed by atoms with E-state index in [2.05, 4.69) is 21.9 Å². The van der Waals surface area contributed by atoms with Gasteiger partial charge in [-0.2, -0.15) is 17.4 Å². The van der Waals surface area contributed by atoms with Gasteiger partial charge in [0.2, 0.25) is 0 Å². The second kappa shape index (κ2) is 6.29.